The average Bonchev–Trinajstić information content (AvgIpc) is 3.37. The Morgan fingerprint density at radius 1 is 1.15 bits per heavy atom. The van der Waals surface area contributed by atoms with Gasteiger partial charge in [-0.05, 0) is 49.6 Å². The van der Waals surface area contributed by atoms with Gasteiger partial charge in [0.15, 0.2) is 17.1 Å². The van der Waals surface area contributed by atoms with Crippen LogP contribution in [0.4, 0.5) is 20.3 Å². The maximum absolute atomic E-state index is 14.4. The summed E-state index contributed by atoms with van der Waals surface area (Å²) in [6.45, 7) is 4.40. The van der Waals surface area contributed by atoms with Crippen molar-refractivity contribution in [3.8, 4) is 5.88 Å². The highest BCUT2D eigenvalue weighted by Gasteiger charge is 2.28. The zero-order valence-electron chi connectivity index (χ0n) is 22.8. The largest absolute Gasteiger partial charge is 0.481 e. The van der Waals surface area contributed by atoms with Crippen molar-refractivity contribution in [1.29, 1.82) is 0 Å². The van der Waals surface area contributed by atoms with Crippen molar-refractivity contribution in [3.63, 3.8) is 0 Å². The van der Waals surface area contributed by atoms with Crippen LogP contribution in [0.3, 0.4) is 0 Å². The average molecular weight is 577 g/mol. The number of aromatic nitrogens is 3. The molecular formula is C30H30F2N6O2S. The fourth-order valence-electron chi connectivity index (χ4n) is 5.70. The third-order valence-electron chi connectivity index (χ3n) is 7.76. The number of nitrogens with zero attached hydrogens (tertiary/aromatic N) is 5. The first-order chi connectivity index (χ1) is 19.8. The highest BCUT2D eigenvalue weighted by atomic mass is 32.1. The highest BCUT2D eigenvalue weighted by Crippen LogP contribution is 2.30. The molecule has 4 aromatic heterocycles. The number of hydrogen-bond acceptors (Lipinski definition) is 8. The van der Waals surface area contributed by atoms with E-state index in [1.54, 1.807) is 25.6 Å². The highest BCUT2D eigenvalue weighted by molar-refractivity contribution is 7.15. The molecule has 0 saturated carbocycles. The molecule has 5 heterocycles. The van der Waals surface area contributed by atoms with Crippen molar-refractivity contribution in [2.24, 2.45) is 0 Å². The van der Waals surface area contributed by atoms with Crippen molar-refractivity contribution < 1.29 is 13.5 Å². The lowest BCUT2D eigenvalue weighted by Crippen LogP contribution is -2.48. The summed E-state index contributed by atoms with van der Waals surface area (Å²) in [5.41, 5.74) is 9.31. The molecule has 0 aliphatic carbocycles. The number of anilines is 2. The number of fused-ring (bicyclic) bond motifs is 3. The number of hydrogen-bond donors (Lipinski definition) is 1. The van der Waals surface area contributed by atoms with Gasteiger partial charge in [0.1, 0.15) is 10.6 Å². The van der Waals surface area contributed by atoms with Gasteiger partial charge in [-0.3, -0.25) is 9.69 Å². The number of piperidine rings is 1. The Labute approximate surface area is 239 Å². The van der Waals surface area contributed by atoms with Crippen molar-refractivity contribution in [1.82, 2.24) is 19.3 Å². The summed E-state index contributed by atoms with van der Waals surface area (Å²) in [6.07, 6.45) is 5.39. The molecule has 1 fully saturated rings. The van der Waals surface area contributed by atoms with Crippen LogP contribution in [0.2, 0.25) is 0 Å². The predicted molar refractivity (Wildman–Crippen MR) is 158 cm³/mol. The van der Waals surface area contributed by atoms with Crippen LogP contribution in [0.25, 0.3) is 15.7 Å². The van der Waals surface area contributed by atoms with Gasteiger partial charge in [0.2, 0.25) is 5.88 Å². The van der Waals surface area contributed by atoms with Crippen molar-refractivity contribution in [3.05, 3.63) is 92.9 Å². The summed E-state index contributed by atoms with van der Waals surface area (Å²) >= 11 is 1.44. The summed E-state index contributed by atoms with van der Waals surface area (Å²) in [6, 6.07) is 9.85. The molecule has 0 bridgehead atoms. The number of nitrogens with two attached hydrogens (primary N) is 1. The number of nitrogen functional groups attached to an aromatic ring is 1. The van der Waals surface area contributed by atoms with Crippen molar-refractivity contribution >= 4 is 38.6 Å². The minimum Gasteiger partial charge on any atom is -0.481 e. The van der Waals surface area contributed by atoms with Crippen LogP contribution >= 0.6 is 11.3 Å². The SMILES string of the molecule is COc1cc(CN(Cc2c(=O)c3cc(F)c(F)cc3n3c(C)csc23)C2CCCN(c3ccc(N)nc3)C2)ccn1. The summed E-state index contributed by atoms with van der Waals surface area (Å²) in [5, 5.41) is 2.11. The number of thiazole rings is 1. The van der Waals surface area contributed by atoms with E-state index in [0.29, 0.717) is 35.9 Å². The predicted octanol–water partition coefficient (Wildman–Crippen LogP) is 5.15. The molecule has 0 amide bonds. The van der Waals surface area contributed by atoms with Crippen LogP contribution in [0, 0.1) is 18.6 Å². The molecule has 1 unspecified atom stereocenters. The maximum Gasteiger partial charge on any atom is 0.213 e. The van der Waals surface area contributed by atoms with E-state index >= 15 is 0 Å². The zero-order valence-corrected chi connectivity index (χ0v) is 23.6. The molecule has 1 saturated heterocycles. The van der Waals surface area contributed by atoms with Crippen LogP contribution in [-0.2, 0) is 13.1 Å². The minimum atomic E-state index is -1.03. The Morgan fingerprint density at radius 3 is 2.76 bits per heavy atom. The Morgan fingerprint density at radius 2 is 1.98 bits per heavy atom. The molecule has 5 aromatic rings. The van der Waals surface area contributed by atoms with Gasteiger partial charge >= 0.3 is 0 Å². The van der Waals surface area contributed by atoms with Gasteiger partial charge in [0, 0.05) is 72.6 Å². The molecule has 212 valence electrons. The molecule has 11 heteroatoms. The van der Waals surface area contributed by atoms with E-state index in [4.69, 9.17) is 10.5 Å². The molecule has 0 radical (unpaired) electrons. The Bertz CT molecular complexity index is 1790. The van der Waals surface area contributed by atoms with E-state index in [2.05, 4.69) is 19.8 Å². The Kier molecular flexibility index (Phi) is 7.31. The number of methoxy groups -OCH3 is 1. The first kappa shape index (κ1) is 27.1. The number of pyridine rings is 3. The zero-order chi connectivity index (χ0) is 28.7. The van der Waals surface area contributed by atoms with Gasteiger partial charge in [-0.15, -0.1) is 11.3 Å². The standard InChI is InChI=1S/C30H30F2N6O2S/c1-18-17-41-30-23(29(39)22-11-24(31)25(32)12-26(22)38(18)30)16-37(14-19-7-8-34-28(10-19)40-2)21-4-3-9-36(15-21)20-5-6-27(33)35-13-20/h5-8,10-13,17,21H,3-4,9,14-16H2,1-2H3,(H2,33,35). The first-order valence-electron chi connectivity index (χ1n) is 13.4. The molecule has 8 nitrogen and oxygen atoms in total. The van der Waals surface area contributed by atoms with Crippen molar-refractivity contribution in [2.75, 3.05) is 30.8 Å². The van der Waals surface area contributed by atoms with E-state index in [1.165, 1.54) is 11.3 Å². The fourth-order valence-corrected chi connectivity index (χ4v) is 6.73. The molecule has 6 rings (SSSR count). The lowest BCUT2D eigenvalue weighted by atomic mass is 10.0. The maximum atomic E-state index is 14.4. The Balaban J connectivity index is 1.43. The molecule has 41 heavy (non-hydrogen) atoms. The summed E-state index contributed by atoms with van der Waals surface area (Å²) in [4.78, 5) is 27.8. The normalized spacial score (nSPS) is 15.7. The van der Waals surface area contributed by atoms with Crippen LogP contribution in [0.5, 0.6) is 5.88 Å². The topological polar surface area (TPSA) is 89.0 Å². The molecular weight excluding hydrogens is 546 g/mol. The summed E-state index contributed by atoms with van der Waals surface area (Å²) in [7, 11) is 1.58. The lowest BCUT2D eigenvalue weighted by Gasteiger charge is -2.40. The smallest absolute Gasteiger partial charge is 0.213 e. The second-order valence-electron chi connectivity index (χ2n) is 10.4. The van der Waals surface area contributed by atoms with Crippen LogP contribution in [0.1, 0.15) is 29.7 Å². The van der Waals surface area contributed by atoms with E-state index in [9.17, 15) is 13.6 Å². The van der Waals surface area contributed by atoms with Gasteiger partial charge in [0.05, 0.1) is 24.5 Å². The number of ether oxygens (including phenoxy) is 1. The number of benzene rings is 1. The summed E-state index contributed by atoms with van der Waals surface area (Å²) < 4.78 is 35.9. The minimum absolute atomic E-state index is 0.0987. The van der Waals surface area contributed by atoms with E-state index in [1.807, 2.05) is 34.9 Å². The molecule has 1 atom stereocenters. The van der Waals surface area contributed by atoms with Crippen molar-refractivity contribution in [2.45, 2.75) is 38.9 Å². The van der Waals surface area contributed by atoms with Crippen LogP contribution < -0.4 is 20.8 Å². The third-order valence-corrected chi connectivity index (χ3v) is 8.87. The Hall–Kier alpha value is -4.09. The third kappa shape index (κ3) is 5.22. The second kappa shape index (κ2) is 11.1. The molecule has 2 N–H and O–H groups in total. The molecule has 1 aromatic carbocycles. The van der Waals surface area contributed by atoms with Crippen LogP contribution in [0.15, 0.2) is 59.0 Å². The van der Waals surface area contributed by atoms with Gasteiger partial charge in [-0.2, -0.15) is 0 Å². The molecule has 0 spiro atoms. The number of rotatable bonds is 7. The van der Waals surface area contributed by atoms with Gasteiger partial charge < -0.3 is 19.8 Å². The summed E-state index contributed by atoms with van der Waals surface area (Å²) in [5.74, 6) is -1.02. The van der Waals surface area contributed by atoms with Crippen LogP contribution in [-0.4, -0.2) is 45.5 Å². The first-order valence-corrected chi connectivity index (χ1v) is 14.3. The van der Waals surface area contributed by atoms with E-state index < -0.39 is 11.6 Å². The lowest BCUT2D eigenvalue weighted by molar-refractivity contribution is 0.158. The second-order valence-corrected chi connectivity index (χ2v) is 11.3. The number of halogens is 2. The van der Waals surface area contributed by atoms with Gasteiger partial charge in [0.25, 0.3) is 0 Å². The van der Waals surface area contributed by atoms with Gasteiger partial charge in [-0.1, -0.05) is 0 Å². The fraction of sp³-hybridized carbons (Fsp3) is 0.300. The molecule has 1 aliphatic rings. The monoisotopic (exact) mass is 576 g/mol. The quantitative estimate of drug-likeness (QED) is 0.287. The molecule has 1 aliphatic heterocycles. The van der Waals surface area contributed by atoms with Gasteiger partial charge in [-0.25, -0.2) is 18.7 Å². The number of aryl methyl sites for hydroxylation is 1. The van der Waals surface area contributed by atoms with E-state index in [0.717, 1.165) is 59.8 Å². The van der Waals surface area contributed by atoms with E-state index in [-0.39, 0.29) is 16.9 Å².